The fourth-order valence-corrected chi connectivity index (χ4v) is 4.19. The number of amides is 1. The van der Waals surface area contributed by atoms with Crippen LogP contribution >= 0.6 is 22.0 Å². The molecular formula is C12H18ClNO3S2. The largest absolute Gasteiger partial charge is 0.349 e. The van der Waals surface area contributed by atoms with Gasteiger partial charge in [0.2, 0.25) is 0 Å². The van der Waals surface area contributed by atoms with Crippen LogP contribution in [0.5, 0.6) is 0 Å². The third kappa shape index (κ3) is 3.94. The van der Waals surface area contributed by atoms with Crippen molar-refractivity contribution < 1.29 is 13.2 Å². The van der Waals surface area contributed by atoms with Crippen molar-refractivity contribution in [2.24, 2.45) is 5.92 Å². The van der Waals surface area contributed by atoms with E-state index in [-0.39, 0.29) is 16.2 Å². The van der Waals surface area contributed by atoms with Crippen LogP contribution in [0, 0.1) is 12.8 Å². The Balaban J connectivity index is 2.94. The molecule has 0 bridgehead atoms. The normalized spacial score (nSPS) is 15.0. The molecule has 0 saturated heterocycles. The summed E-state index contributed by atoms with van der Waals surface area (Å²) in [5, 5.41) is 4.41. The van der Waals surface area contributed by atoms with Gasteiger partial charge in [-0.2, -0.15) is 0 Å². The van der Waals surface area contributed by atoms with Gasteiger partial charge in [-0.1, -0.05) is 20.3 Å². The van der Waals surface area contributed by atoms with E-state index in [1.54, 1.807) is 6.92 Å². The van der Waals surface area contributed by atoms with Crippen molar-refractivity contribution in [1.29, 1.82) is 0 Å². The van der Waals surface area contributed by atoms with Crippen molar-refractivity contribution in [2.75, 3.05) is 0 Å². The van der Waals surface area contributed by atoms with Crippen molar-refractivity contribution in [3.63, 3.8) is 0 Å². The van der Waals surface area contributed by atoms with E-state index in [0.717, 1.165) is 17.8 Å². The molecule has 1 N–H and O–H groups in total. The van der Waals surface area contributed by atoms with Crippen LogP contribution in [0.15, 0.2) is 9.59 Å². The molecule has 0 aliphatic carbocycles. The Labute approximate surface area is 122 Å². The highest BCUT2D eigenvalue weighted by molar-refractivity contribution is 8.15. The number of carbonyl (C=O) groups excluding carboxylic acids is 1. The molecule has 108 valence electrons. The first-order chi connectivity index (χ1) is 8.68. The van der Waals surface area contributed by atoms with Gasteiger partial charge in [-0.05, 0) is 25.3 Å². The molecule has 7 heteroatoms. The molecule has 1 aromatic heterocycles. The Kier molecular flexibility index (Phi) is 5.41. The summed E-state index contributed by atoms with van der Waals surface area (Å²) in [6.45, 7) is 7.64. The lowest BCUT2D eigenvalue weighted by Crippen LogP contribution is -2.37. The first kappa shape index (κ1) is 16.5. The molecule has 1 aromatic rings. The van der Waals surface area contributed by atoms with E-state index in [4.69, 9.17) is 10.7 Å². The topological polar surface area (TPSA) is 63.2 Å². The highest BCUT2D eigenvalue weighted by atomic mass is 35.7. The molecule has 2 unspecified atom stereocenters. The zero-order valence-electron chi connectivity index (χ0n) is 11.4. The number of hydrogen-bond acceptors (Lipinski definition) is 4. The summed E-state index contributed by atoms with van der Waals surface area (Å²) in [6, 6.07) is 0.0351. The molecule has 0 radical (unpaired) electrons. The second kappa shape index (κ2) is 6.24. The van der Waals surface area contributed by atoms with Gasteiger partial charge in [-0.25, -0.2) is 8.42 Å². The van der Waals surface area contributed by atoms with E-state index in [1.165, 1.54) is 5.38 Å². The first-order valence-corrected chi connectivity index (χ1v) is 9.21. The lowest BCUT2D eigenvalue weighted by atomic mass is 10.0. The Morgan fingerprint density at radius 2 is 2.05 bits per heavy atom. The molecular weight excluding hydrogens is 306 g/mol. The molecule has 2 atom stereocenters. The minimum Gasteiger partial charge on any atom is -0.349 e. The molecule has 0 fully saturated rings. The number of rotatable bonds is 5. The van der Waals surface area contributed by atoms with Crippen LogP contribution in [0.2, 0.25) is 0 Å². The first-order valence-electron chi connectivity index (χ1n) is 6.02. The van der Waals surface area contributed by atoms with Gasteiger partial charge in [0, 0.05) is 22.1 Å². The smallest absolute Gasteiger partial charge is 0.271 e. The van der Waals surface area contributed by atoms with E-state index in [9.17, 15) is 13.2 Å². The van der Waals surface area contributed by atoms with Crippen LogP contribution in [-0.2, 0) is 9.05 Å². The summed E-state index contributed by atoms with van der Waals surface area (Å²) in [5.41, 5.74) is 0.785. The lowest BCUT2D eigenvalue weighted by molar-refractivity contribution is 0.0928. The molecule has 0 spiro atoms. The van der Waals surface area contributed by atoms with Crippen molar-refractivity contribution >= 4 is 37.0 Å². The minimum atomic E-state index is -3.78. The number of thiophene rings is 1. The molecule has 19 heavy (non-hydrogen) atoms. The van der Waals surface area contributed by atoms with Crippen molar-refractivity contribution in [3.8, 4) is 0 Å². The summed E-state index contributed by atoms with van der Waals surface area (Å²) in [5.74, 6) is 0.104. The SMILES string of the molecule is CCC(C)C(C)NC(=O)c1csc(S(=O)(=O)Cl)c1C. The molecule has 0 saturated carbocycles. The predicted molar refractivity (Wildman–Crippen MR) is 78.5 cm³/mol. The van der Waals surface area contributed by atoms with Gasteiger partial charge in [0.25, 0.3) is 15.0 Å². The summed E-state index contributed by atoms with van der Waals surface area (Å²) < 4.78 is 22.7. The van der Waals surface area contributed by atoms with Crippen molar-refractivity contribution in [1.82, 2.24) is 5.32 Å². The van der Waals surface area contributed by atoms with Crippen LogP contribution in [0.25, 0.3) is 0 Å². The lowest BCUT2D eigenvalue weighted by Gasteiger charge is -2.19. The molecule has 4 nitrogen and oxygen atoms in total. The van der Waals surface area contributed by atoms with Crippen molar-refractivity contribution in [3.05, 3.63) is 16.5 Å². The van der Waals surface area contributed by atoms with Gasteiger partial charge in [0.15, 0.2) is 0 Å². The fourth-order valence-electron chi connectivity index (χ4n) is 1.64. The average Bonchev–Trinajstić information content (AvgIpc) is 2.69. The molecule has 1 heterocycles. The summed E-state index contributed by atoms with van der Waals surface area (Å²) in [4.78, 5) is 12.1. The van der Waals surface area contributed by atoms with E-state index in [2.05, 4.69) is 19.2 Å². The summed E-state index contributed by atoms with van der Waals surface area (Å²) in [6.07, 6.45) is 0.964. The Hall–Kier alpha value is -0.590. The second-order valence-electron chi connectivity index (χ2n) is 4.65. The second-order valence-corrected chi connectivity index (χ2v) is 8.29. The van der Waals surface area contributed by atoms with Gasteiger partial charge >= 0.3 is 0 Å². The summed E-state index contributed by atoms with van der Waals surface area (Å²) >= 11 is 0.972. The Morgan fingerprint density at radius 3 is 2.47 bits per heavy atom. The maximum absolute atomic E-state index is 12.1. The van der Waals surface area contributed by atoms with Crippen LogP contribution in [0.4, 0.5) is 0 Å². The Bertz CT molecular complexity index is 566. The van der Waals surface area contributed by atoms with Gasteiger partial charge in [0.1, 0.15) is 4.21 Å². The maximum Gasteiger partial charge on any atom is 0.271 e. The molecule has 0 aliphatic rings. The van der Waals surface area contributed by atoms with Gasteiger partial charge in [-0.15, -0.1) is 11.3 Å². The van der Waals surface area contributed by atoms with Gasteiger partial charge in [0.05, 0.1) is 5.56 Å². The third-order valence-electron chi connectivity index (χ3n) is 3.32. The number of carbonyl (C=O) groups is 1. The predicted octanol–water partition coefficient (Wildman–Crippen LogP) is 3.15. The zero-order chi connectivity index (χ0) is 14.8. The molecule has 0 aromatic carbocycles. The number of halogens is 1. The maximum atomic E-state index is 12.1. The van der Waals surface area contributed by atoms with E-state index >= 15 is 0 Å². The van der Waals surface area contributed by atoms with Crippen LogP contribution < -0.4 is 5.32 Å². The van der Waals surface area contributed by atoms with E-state index < -0.39 is 9.05 Å². The molecule has 1 amide bonds. The minimum absolute atomic E-state index is 0.0351. The van der Waals surface area contributed by atoms with Crippen LogP contribution in [0.1, 0.15) is 43.1 Å². The standard InChI is InChI=1S/C12H18ClNO3S2/c1-5-7(2)9(4)14-11(15)10-6-18-12(8(10)3)19(13,16)17/h6-7,9H,5H2,1-4H3,(H,14,15). The fraction of sp³-hybridized carbons (Fsp3) is 0.583. The highest BCUT2D eigenvalue weighted by Crippen LogP contribution is 2.29. The van der Waals surface area contributed by atoms with Crippen LogP contribution in [-0.4, -0.2) is 20.4 Å². The highest BCUT2D eigenvalue weighted by Gasteiger charge is 2.23. The average molecular weight is 324 g/mol. The summed E-state index contributed by atoms with van der Waals surface area (Å²) in [7, 11) is 1.53. The third-order valence-corrected chi connectivity index (χ3v) is 6.62. The molecule has 0 aliphatic heterocycles. The number of hydrogen-bond donors (Lipinski definition) is 1. The number of nitrogens with one attached hydrogen (secondary N) is 1. The van der Waals surface area contributed by atoms with Gasteiger partial charge in [-0.3, -0.25) is 4.79 Å². The monoisotopic (exact) mass is 323 g/mol. The zero-order valence-corrected chi connectivity index (χ0v) is 13.7. The van der Waals surface area contributed by atoms with Crippen LogP contribution in [0.3, 0.4) is 0 Å². The van der Waals surface area contributed by atoms with E-state index in [0.29, 0.717) is 17.0 Å². The van der Waals surface area contributed by atoms with E-state index in [1.807, 2.05) is 6.92 Å². The Morgan fingerprint density at radius 1 is 1.47 bits per heavy atom. The quantitative estimate of drug-likeness (QED) is 0.847. The van der Waals surface area contributed by atoms with Crippen molar-refractivity contribution in [2.45, 2.75) is 44.4 Å². The molecule has 1 rings (SSSR count). The van der Waals surface area contributed by atoms with Gasteiger partial charge < -0.3 is 5.32 Å².